The minimum absolute atomic E-state index is 0.0655. The molecule has 2 aliphatic rings. The normalized spacial score (nSPS) is 15.9. The summed E-state index contributed by atoms with van der Waals surface area (Å²) in [5, 5.41) is 10.8. The van der Waals surface area contributed by atoms with Crippen LogP contribution in [-0.2, 0) is 4.79 Å². The highest BCUT2D eigenvalue weighted by Crippen LogP contribution is 2.44. The lowest BCUT2D eigenvalue weighted by atomic mass is 10.0. The number of anilines is 2. The lowest BCUT2D eigenvalue weighted by Crippen LogP contribution is -2.56. The molecule has 2 aliphatic heterocycles. The Morgan fingerprint density at radius 2 is 1.77 bits per heavy atom. The molecule has 1 saturated heterocycles. The smallest absolute Gasteiger partial charge is 0.355 e. The van der Waals surface area contributed by atoms with Crippen LogP contribution in [0.1, 0.15) is 50.9 Å². The number of hydrogen-bond donors (Lipinski definition) is 1. The van der Waals surface area contributed by atoms with Crippen molar-refractivity contribution in [3.63, 3.8) is 0 Å². The van der Waals surface area contributed by atoms with Gasteiger partial charge in [-0.05, 0) is 30.0 Å². The molecule has 0 aliphatic carbocycles. The van der Waals surface area contributed by atoms with Crippen LogP contribution in [0.5, 0.6) is 11.5 Å². The third kappa shape index (κ3) is 5.21. The average molecular weight is 647 g/mol. The maximum atomic E-state index is 16.7. The van der Waals surface area contributed by atoms with Gasteiger partial charge in [-0.15, -0.1) is 0 Å². The van der Waals surface area contributed by atoms with E-state index >= 15 is 8.78 Å². The zero-order valence-electron chi connectivity index (χ0n) is 27.1. The van der Waals surface area contributed by atoms with E-state index in [9.17, 15) is 14.7 Å². The molecule has 6 rings (SSSR count). The number of nitrogens with zero attached hydrogens (tertiary/aromatic N) is 8. The van der Waals surface area contributed by atoms with E-state index in [1.165, 1.54) is 22.8 Å². The third-order valence-corrected chi connectivity index (χ3v) is 8.44. The SMILES string of the molecule is C=CC(=O)N1CCN2c3nc(=O)n(-c4c(C(C)C)nc(N(C)C)nc4C(C)C)c4nc(-c5c(O)cccc5F)c(F)c(c34)OC[C@H]2C1. The van der Waals surface area contributed by atoms with E-state index in [2.05, 4.69) is 16.5 Å². The maximum absolute atomic E-state index is 16.7. The Bertz CT molecular complexity index is 1940. The summed E-state index contributed by atoms with van der Waals surface area (Å²) in [6.07, 6.45) is 1.22. The largest absolute Gasteiger partial charge is 0.507 e. The molecule has 0 radical (unpaired) electrons. The first-order valence-corrected chi connectivity index (χ1v) is 15.4. The molecule has 1 amide bonds. The summed E-state index contributed by atoms with van der Waals surface area (Å²) in [4.78, 5) is 50.7. The fourth-order valence-electron chi connectivity index (χ4n) is 6.14. The predicted molar refractivity (Wildman–Crippen MR) is 174 cm³/mol. The van der Waals surface area contributed by atoms with Gasteiger partial charge in [-0.3, -0.25) is 4.79 Å². The molecular weight excluding hydrogens is 610 g/mol. The van der Waals surface area contributed by atoms with Crippen molar-refractivity contribution < 1.29 is 23.4 Å². The maximum Gasteiger partial charge on any atom is 0.355 e. The van der Waals surface area contributed by atoms with Gasteiger partial charge < -0.3 is 24.5 Å². The molecule has 5 heterocycles. The number of hydrogen-bond acceptors (Lipinski definition) is 10. The second-order valence-electron chi connectivity index (χ2n) is 12.5. The van der Waals surface area contributed by atoms with E-state index in [1.54, 1.807) is 9.80 Å². The predicted octanol–water partition coefficient (Wildman–Crippen LogP) is 4.13. The standard InChI is InChI=1S/C33H36F2N8O4/c1-8-21(45)41-12-13-42-18(14-41)15-47-29-23-30(42)39-33(46)43(28-25(16(2)3)37-32(40(6)7)38-26(28)17(4)5)31(23)36-27(24(29)35)22-19(34)10-9-11-20(22)44/h8-11,16-18,44H,1,12-15H2,2-7H3/t18-/m1/s1. The van der Waals surface area contributed by atoms with Gasteiger partial charge in [-0.2, -0.15) is 4.98 Å². The van der Waals surface area contributed by atoms with E-state index in [-0.39, 0.29) is 60.0 Å². The van der Waals surface area contributed by atoms with Crippen molar-refractivity contribution >= 4 is 28.7 Å². The molecule has 12 nitrogen and oxygen atoms in total. The van der Waals surface area contributed by atoms with Crippen LogP contribution < -0.4 is 20.2 Å². The Morgan fingerprint density at radius 1 is 1.09 bits per heavy atom. The Labute approximate surface area is 270 Å². The number of phenols is 1. The number of piperazine rings is 1. The van der Waals surface area contributed by atoms with Crippen LogP contribution in [0.15, 0.2) is 35.6 Å². The quantitative estimate of drug-likeness (QED) is 0.305. The number of ether oxygens (including phenoxy) is 1. The molecule has 4 aromatic rings. The van der Waals surface area contributed by atoms with Crippen LogP contribution in [0, 0.1) is 11.6 Å². The minimum atomic E-state index is -1.03. The summed E-state index contributed by atoms with van der Waals surface area (Å²) >= 11 is 0. The van der Waals surface area contributed by atoms with Crippen molar-refractivity contribution in [1.82, 2.24) is 29.4 Å². The second-order valence-corrected chi connectivity index (χ2v) is 12.5. The van der Waals surface area contributed by atoms with Crippen molar-refractivity contribution in [3.05, 3.63) is 64.4 Å². The number of aromatic nitrogens is 5. The molecule has 47 heavy (non-hydrogen) atoms. The van der Waals surface area contributed by atoms with Gasteiger partial charge in [-0.25, -0.2) is 33.1 Å². The molecule has 0 spiro atoms. The zero-order chi connectivity index (χ0) is 33.9. The van der Waals surface area contributed by atoms with Crippen molar-refractivity contribution in [2.75, 3.05) is 50.1 Å². The number of fused-ring (bicyclic) bond motifs is 2. The van der Waals surface area contributed by atoms with E-state index in [0.29, 0.717) is 29.6 Å². The first kappa shape index (κ1) is 31.8. The summed E-state index contributed by atoms with van der Waals surface area (Å²) in [7, 11) is 3.63. The van der Waals surface area contributed by atoms with Crippen LogP contribution >= 0.6 is 0 Å². The van der Waals surface area contributed by atoms with Gasteiger partial charge in [0.15, 0.2) is 17.2 Å². The summed E-state index contributed by atoms with van der Waals surface area (Å²) in [6, 6.07) is 3.09. The number of aromatic hydroxyl groups is 1. The summed E-state index contributed by atoms with van der Waals surface area (Å²) < 4.78 is 39.4. The van der Waals surface area contributed by atoms with Crippen LogP contribution in [-0.4, -0.2) is 86.8 Å². The molecule has 3 aromatic heterocycles. The monoisotopic (exact) mass is 646 g/mol. The molecule has 0 unspecified atom stereocenters. The van der Waals surface area contributed by atoms with E-state index in [0.717, 1.165) is 6.07 Å². The number of amides is 1. The van der Waals surface area contributed by atoms with Crippen molar-refractivity contribution in [2.24, 2.45) is 0 Å². The summed E-state index contributed by atoms with van der Waals surface area (Å²) in [5.41, 5.74) is -0.445. The molecule has 0 bridgehead atoms. The Hall–Kier alpha value is -5.14. The minimum Gasteiger partial charge on any atom is -0.507 e. The van der Waals surface area contributed by atoms with Crippen LogP contribution in [0.4, 0.5) is 20.5 Å². The molecule has 1 aromatic carbocycles. The Morgan fingerprint density at radius 3 is 2.36 bits per heavy atom. The van der Waals surface area contributed by atoms with Gasteiger partial charge in [-0.1, -0.05) is 40.3 Å². The van der Waals surface area contributed by atoms with Crippen LogP contribution in [0.3, 0.4) is 0 Å². The first-order valence-electron chi connectivity index (χ1n) is 15.4. The number of carbonyl (C=O) groups is 1. The van der Waals surface area contributed by atoms with Gasteiger partial charge in [0.05, 0.1) is 28.7 Å². The van der Waals surface area contributed by atoms with Crippen molar-refractivity contribution in [3.8, 4) is 28.4 Å². The molecular formula is C33H36F2N8O4. The number of pyridine rings is 1. The van der Waals surface area contributed by atoms with E-state index in [4.69, 9.17) is 14.7 Å². The lowest BCUT2D eigenvalue weighted by Gasteiger charge is -2.40. The van der Waals surface area contributed by atoms with Crippen molar-refractivity contribution in [1.29, 1.82) is 0 Å². The molecule has 0 saturated carbocycles. The van der Waals surface area contributed by atoms with Gasteiger partial charge in [0, 0.05) is 33.7 Å². The van der Waals surface area contributed by atoms with Crippen LogP contribution in [0.2, 0.25) is 0 Å². The number of halogens is 2. The highest BCUT2D eigenvalue weighted by atomic mass is 19.1. The molecule has 1 fully saturated rings. The van der Waals surface area contributed by atoms with Gasteiger partial charge in [0.25, 0.3) is 0 Å². The second kappa shape index (κ2) is 11.9. The van der Waals surface area contributed by atoms with E-state index < -0.39 is 40.4 Å². The molecule has 1 N–H and O–H groups in total. The third-order valence-electron chi connectivity index (χ3n) is 8.44. The fourth-order valence-corrected chi connectivity index (χ4v) is 6.14. The highest BCUT2D eigenvalue weighted by molar-refractivity contribution is 5.97. The number of phenolic OH excluding ortho intramolecular Hbond substituents is 1. The first-order chi connectivity index (χ1) is 22.3. The molecule has 246 valence electrons. The van der Waals surface area contributed by atoms with Gasteiger partial charge in [0.1, 0.15) is 35.1 Å². The van der Waals surface area contributed by atoms with Crippen molar-refractivity contribution in [2.45, 2.75) is 45.6 Å². The average Bonchev–Trinajstić information content (AvgIpc) is 3.19. The lowest BCUT2D eigenvalue weighted by molar-refractivity contribution is -0.126. The fraction of sp³-hybridized carbons (Fsp3) is 0.394. The highest BCUT2D eigenvalue weighted by Gasteiger charge is 2.38. The van der Waals surface area contributed by atoms with Gasteiger partial charge in [0.2, 0.25) is 11.9 Å². The molecule has 1 atom stereocenters. The number of rotatable bonds is 6. The van der Waals surface area contributed by atoms with Crippen LogP contribution in [0.25, 0.3) is 28.0 Å². The summed E-state index contributed by atoms with van der Waals surface area (Å²) in [6.45, 7) is 12.0. The Kier molecular flexibility index (Phi) is 8.06. The molecule has 14 heteroatoms. The topological polar surface area (TPSA) is 130 Å². The zero-order valence-corrected chi connectivity index (χ0v) is 27.1. The Balaban J connectivity index is 1.75. The number of carbonyl (C=O) groups excluding carboxylic acids is 1. The van der Waals surface area contributed by atoms with Gasteiger partial charge >= 0.3 is 5.69 Å². The van der Waals surface area contributed by atoms with E-state index in [1.807, 2.05) is 46.7 Å². The summed E-state index contributed by atoms with van der Waals surface area (Å²) in [5.74, 6) is -2.89. The number of benzene rings is 1.